The van der Waals surface area contributed by atoms with Crippen molar-refractivity contribution in [2.45, 2.75) is 36.2 Å². The first kappa shape index (κ1) is 19.8. The van der Waals surface area contributed by atoms with Crippen molar-refractivity contribution in [1.82, 2.24) is 14.8 Å². The van der Waals surface area contributed by atoms with Gasteiger partial charge in [0, 0.05) is 29.0 Å². The number of ether oxygens (including phenoxy) is 1. The van der Waals surface area contributed by atoms with Crippen molar-refractivity contribution < 1.29 is 13.9 Å². The van der Waals surface area contributed by atoms with Crippen molar-refractivity contribution in [3.05, 3.63) is 76.7 Å². The summed E-state index contributed by atoms with van der Waals surface area (Å²) in [6.07, 6.45) is 2.16. The maximum absolute atomic E-state index is 13.2. The van der Waals surface area contributed by atoms with E-state index in [2.05, 4.69) is 10.3 Å². The molecule has 158 valence electrons. The zero-order valence-corrected chi connectivity index (χ0v) is 17.8. The molecule has 1 unspecified atom stereocenters. The van der Waals surface area contributed by atoms with Gasteiger partial charge in [-0.05, 0) is 36.6 Å². The molecule has 31 heavy (non-hydrogen) atoms. The number of hydrogen-bond acceptors (Lipinski definition) is 6. The zero-order valence-electron chi connectivity index (χ0n) is 17.0. The molecule has 3 aromatic rings. The maximum atomic E-state index is 13.2. The highest BCUT2D eigenvalue weighted by Crippen LogP contribution is 2.43. The summed E-state index contributed by atoms with van der Waals surface area (Å²) < 4.78 is 20.5. The van der Waals surface area contributed by atoms with Crippen LogP contribution in [0.4, 0.5) is 10.3 Å². The van der Waals surface area contributed by atoms with Crippen molar-refractivity contribution in [3.63, 3.8) is 0 Å². The van der Waals surface area contributed by atoms with Gasteiger partial charge in [-0.25, -0.2) is 9.07 Å². The molecule has 0 spiro atoms. The molecule has 2 aromatic carbocycles. The first-order chi connectivity index (χ1) is 15.1. The topological polar surface area (TPSA) is 69.0 Å². The Kier molecular flexibility index (Phi) is 5.23. The van der Waals surface area contributed by atoms with Crippen LogP contribution in [0.15, 0.2) is 65.0 Å². The van der Waals surface area contributed by atoms with Crippen LogP contribution in [-0.2, 0) is 10.5 Å². The number of methoxy groups -OCH3 is 1. The van der Waals surface area contributed by atoms with Crippen LogP contribution in [0.25, 0.3) is 0 Å². The number of carbonyl (C=O) groups is 1. The number of anilines is 1. The normalized spacial score (nSPS) is 17.7. The molecule has 0 fully saturated rings. The number of para-hydroxylation sites is 1. The Morgan fingerprint density at radius 1 is 1.19 bits per heavy atom. The van der Waals surface area contributed by atoms with E-state index in [1.165, 1.54) is 23.9 Å². The van der Waals surface area contributed by atoms with Gasteiger partial charge in [0.15, 0.2) is 5.78 Å². The number of allylic oxidation sites excluding steroid dienone is 2. The third kappa shape index (κ3) is 3.72. The summed E-state index contributed by atoms with van der Waals surface area (Å²) in [6, 6.07) is 13.7. The van der Waals surface area contributed by atoms with E-state index in [-0.39, 0.29) is 17.6 Å². The number of ketones is 1. The highest BCUT2D eigenvalue weighted by molar-refractivity contribution is 7.98. The van der Waals surface area contributed by atoms with Crippen LogP contribution in [0.1, 0.15) is 36.4 Å². The molecule has 5 rings (SSSR count). The van der Waals surface area contributed by atoms with Gasteiger partial charge in [-0.1, -0.05) is 42.1 Å². The molecule has 8 heteroatoms. The fourth-order valence-corrected chi connectivity index (χ4v) is 4.89. The number of nitrogens with one attached hydrogen (secondary N) is 1. The van der Waals surface area contributed by atoms with E-state index in [0.29, 0.717) is 29.0 Å². The van der Waals surface area contributed by atoms with E-state index in [1.54, 1.807) is 23.9 Å². The van der Waals surface area contributed by atoms with Gasteiger partial charge in [-0.3, -0.25) is 4.79 Å². The van der Waals surface area contributed by atoms with Crippen LogP contribution >= 0.6 is 11.8 Å². The van der Waals surface area contributed by atoms with Gasteiger partial charge in [0.05, 0.1) is 7.11 Å². The number of nitrogens with zero attached hydrogens (tertiary/aromatic N) is 3. The minimum atomic E-state index is -0.386. The summed E-state index contributed by atoms with van der Waals surface area (Å²) in [5.74, 6) is 1.82. The van der Waals surface area contributed by atoms with Gasteiger partial charge >= 0.3 is 0 Å². The summed E-state index contributed by atoms with van der Waals surface area (Å²) >= 11 is 1.47. The number of thioether (sulfide) groups is 1. The number of halogens is 1. The Hall–Kier alpha value is -3.13. The first-order valence-electron chi connectivity index (χ1n) is 10.1. The minimum absolute atomic E-state index is 0.131. The molecule has 0 saturated carbocycles. The van der Waals surface area contributed by atoms with Gasteiger partial charge in [0.25, 0.3) is 0 Å². The molecule has 1 aliphatic heterocycles. The number of rotatable bonds is 5. The number of carbonyl (C=O) groups excluding carboxylic acids is 1. The van der Waals surface area contributed by atoms with Crippen molar-refractivity contribution in [2.24, 2.45) is 0 Å². The molecule has 1 aromatic heterocycles. The van der Waals surface area contributed by atoms with Crippen molar-refractivity contribution in [2.75, 3.05) is 12.4 Å². The van der Waals surface area contributed by atoms with Gasteiger partial charge in [-0.2, -0.15) is 4.98 Å². The number of benzene rings is 2. The largest absolute Gasteiger partial charge is 0.496 e. The standard InChI is InChI=1S/C23H21FN4O2S/c1-30-19-8-3-2-5-16(19)21-20-17(6-4-7-18(20)29)25-22-26-23(27-28(21)22)31-13-14-9-11-15(24)12-10-14/h2-3,5,8-12,21H,4,6-7,13H2,1H3,(H,25,26,27). The van der Waals surface area contributed by atoms with E-state index >= 15 is 0 Å². The Balaban J connectivity index is 1.52. The molecule has 2 aliphatic rings. The molecule has 1 N–H and O–H groups in total. The lowest BCUT2D eigenvalue weighted by Gasteiger charge is -2.32. The van der Waals surface area contributed by atoms with Crippen LogP contribution in [0.2, 0.25) is 0 Å². The van der Waals surface area contributed by atoms with Crippen LogP contribution in [0.5, 0.6) is 5.75 Å². The molecule has 0 saturated heterocycles. The molecule has 0 amide bonds. The van der Waals surface area contributed by atoms with E-state index in [4.69, 9.17) is 9.84 Å². The van der Waals surface area contributed by atoms with Crippen LogP contribution in [-0.4, -0.2) is 27.7 Å². The second-order valence-corrected chi connectivity index (χ2v) is 8.46. The zero-order chi connectivity index (χ0) is 21.4. The van der Waals surface area contributed by atoms with Crippen LogP contribution in [0.3, 0.4) is 0 Å². The molecule has 0 bridgehead atoms. The second kappa shape index (κ2) is 8.19. The second-order valence-electron chi connectivity index (χ2n) is 7.52. The molecule has 6 nitrogen and oxygen atoms in total. The Morgan fingerprint density at radius 3 is 2.81 bits per heavy atom. The minimum Gasteiger partial charge on any atom is -0.496 e. The van der Waals surface area contributed by atoms with E-state index in [0.717, 1.165) is 35.2 Å². The van der Waals surface area contributed by atoms with E-state index in [1.807, 2.05) is 24.3 Å². The van der Waals surface area contributed by atoms with Crippen molar-refractivity contribution in [3.8, 4) is 5.75 Å². The maximum Gasteiger partial charge on any atom is 0.227 e. The van der Waals surface area contributed by atoms with Gasteiger partial charge in [0.1, 0.15) is 17.6 Å². The van der Waals surface area contributed by atoms with Crippen LogP contribution in [0, 0.1) is 5.82 Å². The van der Waals surface area contributed by atoms with E-state index in [9.17, 15) is 9.18 Å². The van der Waals surface area contributed by atoms with Crippen molar-refractivity contribution in [1.29, 1.82) is 0 Å². The summed E-state index contributed by atoms with van der Waals surface area (Å²) in [4.78, 5) is 17.6. The lowest BCUT2D eigenvalue weighted by Crippen LogP contribution is -2.31. The predicted molar refractivity (Wildman–Crippen MR) is 117 cm³/mol. The van der Waals surface area contributed by atoms with Gasteiger partial charge < -0.3 is 10.1 Å². The highest BCUT2D eigenvalue weighted by atomic mass is 32.2. The number of hydrogen-bond donors (Lipinski definition) is 1. The van der Waals surface area contributed by atoms with Crippen LogP contribution < -0.4 is 10.1 Å². The average molecular weight is 437 g/mol. The highest BCUT2D eigenvalue weighted by Gasteiger charge is 2.38. The first-order valence-corrected chi connectivity index (χ1v) is 11.1. The Labute approximate surface area is 183 Å². The average Bonchev–Trinajstić information content (AvgIpc) is 3.20. The summed E-state index contributed by atoms with van der Waals surface area (Å²) in [5, 5.41) is 8.67. The van der Waals surface area contributed by atoms with E-state index < -0.39 is 0 Å². The molecular formula is C23H21FN4O2S. The smallest absolute Gasteiger partial charge is 0.227 e. The lowest BCUT2D eigenvalue weighted by molar-refractivity contribution is -0.116. The SMILES string of the molecule is COc1ccccc1C1C2=C(CCCC2=O)Nc2nc(SCc3ccc(F)cc3)nn21. The molecule has 1 aliphatic carbocycles. The molecule has 1 atom stereocenters. The quantitative estimate of drug-likeness (QED) is 0.583. The lowest BCUT2D eigenvalue weighted by atomic mass is 9.85. The third-order valence-corrected chi connectivity index (χ3v) is 6.47. The third-order valence-electron chi connectivity index (χ3n) is 5.56. The fourth-order valence-electron chi connectivity index (χ4n) is 4.11. The summed E-state index contributed by atoms with van der Waals surface area (Å²) in [7, 11) is 1.63. The molecule has 2 heterocycles. The number of aromatic nitrogens is 3. The predicted octanol–water partition coefficient (Wildman–Crippen LogP) is 4.74. The Bertz CT molecular complexity index is 1170. The number of Topliss-reactive ketones (excluding diaryl/α,β-unsaturated/α-hetero) is 1. The monoisotopic (exact) mass is 436 g/mol. The summed E-state index contributed by atoms with van der Waals surface area (Å²) in [6.45, 7) is 0. The van der Waals surface area contributed by atoms with Gasteiger partial charge in [-0.15, -0.1) is 5.10 Å². The van der Waals surface area contributed by atoms with Gasteiger partial charge in [0.2, 0.25) is 11.1 Å². The summed E-state index contributed by atoms with van der Waals surface area (Å²) in [5.41, 5.74) is 3.53. The Morgan fingerprint density at radius 2 is 2.00 bits per heavy atom. The molecule has 0 radical (unpaired) electrons. The molecular weight excluding hydrogens is 415 g/mol. The number of fused-ring (bicyclic) bond motifs is 1. The van der Waals surface area contributed by atoms with Crippen molar-refractivity contribution >= 4 is 23.5 Å². The fraction of sp³-hybridized carbons (Fsp3) is 0.261.